The van der Waals surface area contributed by atoms with E-state index in [1.54, 1.807) is 30.2 Å². The topological polar surface area (TPSA) is 112 Å². The van der Waals surface area contributed by atoms with Crippen molar-refractivity contribution in [3.8, 4) is 0 Å². The van der Waals surface area contributed by atoms with Gasteiger partial charge in [-0.1, -0.05) is 17.3 Å². The second-order valence-electron chi connectivity index (χ2n) is 7.41. The van der Waals surface area contributed by atoms with Gasteiger partial charge >= 0.3 is 0 Å². The van der Waals surface area contributed by atoms with Crippen molar-refractivity contribution in [1.29, 1.82) is 0 Å². The van der Waals surface area contributed by atoms with Crippen LogP contribution in [-0.2, 0) is 11.3 Å². The number of likely N-dealkylation sites (tertiary alicyclic amines) is 1. The van der Waals surface area contributed by atoms with Gasteiger partial charge in [-0.15, -0.1) is 5.10 Å². The lowest BCUT2D eigenvalue weighted by Crippen LogP contribution is -2.43. The molecule has 3 heterocycles. The molecular weight excluding hydrogens is 391 g/mol. The van der Waals surface area contributed by atoms with Gasteiger partial charge < -0.3 is 15.2 Å². The molecule has 0 radical (unpaired) electrons. The maximum absolute atomic E-state index is 13.0. The molecule has 0 spiro atoms. The standard InChI is InChI=1S/C20H21FN6O3/c1-12-11-27-17(19(29)23-12)16(24-25-27)20(30)26-8-6-14(7-9-26)18(28)22-10-13-2-4-15(21)5-3-13/h2-5,11,14H,6-10H2,1H3,(H,22,28)(H,23,29). The Hall–Kier alpha value is -3.56. The summed E-state index contributed by atoms with van der Waals surface area (Å²) in [5.74, 6) is -0.991. The van der Waals surface area contributed by atoms with Crippen LogP contribution in [0.4, 0.5) is 4.39 Å². The van der Waals surface area contributed by atoms with Gasteiger partial charge in [-0.25, -0.2) is 8.91 Å². The summed E-state index contributed by atoms with van der Waals surface area (Å²) in [5, 5.41) is 10.6. The van der Waals surface area contributed by atoms with Crippen LogP contribution < -0.4 is 10.9 Å². The molecule has 1 fully saturated rings. The molecule has 1 aliphatic rings. The van der Waals surface area contributed by atoms with Crippen LogP contribution in [0.5, 0.6) is 0 Å². The number of aromatic nitrogens is 4. The second kappa shape index (κ2) is 8.05. The minimum Gasteiger partial charge on any atom is -0.352 e. The van der Waals surface area contributed by atoms with Crippen molar-refractivity contribution >= 4 is 17.3 Å². The number of benzene rings is 1. The van der Waals surface area contributed by atoms with Gasteiger partial charge in [0, 0.05) is 31.2 Å². The fraction of sp³-hybridized carbons (Fsp3) is 0.350. The molecule has 9 nitrogen and oxygen atoms in total. The van der Waals surface area contributed by atoms with Crippen molar-refractivity contribution in [2.75, 3.05) is 13.1 Å². The zero-order chi connectivity index (χ0) is 21.3. The first kappa shape index (κ1) is 19.7. The largest absolute Gasteiger partial charge is 0.352 e. The molecule has 0 unspecified atom stereocenters. The van der Waals surface area contributed by atoms with Crippen molar-refractivity contribution in [1.82, 2.24) is 30.0 Å². The first-order chi connectivity index (χ1) is 14.4. The Morgan fingerprint density at radius 1 is 1.23 bits per heavy atom. The van der Waals surface area contributed by atoms with Gasteiger partial charge in [0.25, 0.3) is 11.5 Å². The van der Waals surface area contributed by atoms with E-state index < -0.39 is 5.56 Å². The minimum atomic E-state index is -0.418. The molecule has 0 saturated carbocycles. The third kappa shape index (κ3) is 3.93. The third-order valence-corrected chi connectivity index (χ3v) is 5.27. The highest BCUT2D eigenvalue weighted by atomic mass is 19.1. The van der Waals surface area contributed by atoms with E-state index in [9.17, 15) is 18.8 Å². The smallest absolute Gasteiger partial charge is 0.276 e. The summed E-state index contributed by atoms with van der Waals surface area (Å²) in [6.45, 7) is 2.81. The zero-order valence-electron chi connectivity index (χ0n) is 16.4. The quantitative estimate of drug-likeness (QED) is 0.665. The summed E-state index contributed by atoms with van der Waals surface area (Å²) in [5.41, 5.74) is 1.14. The average molecular weight is 412 g/mol. The number of hydrogen-bond acceptors (Lipinski definition) is 5. The number of aryl methyl sites for hydroxylation is 1. The number of nitrogens with zero attached hydrogens (tertiary/aromatic N) is 4. The fourth-order valence-electron chi connectivity index (χ4n) is 3.62. The van der Waals surface area contributed by atoms with E-state index in [1.165, 1.54) is 16.6 Å². The Labute approximate surface area is 170 Å². The molecule has 2 aromatic heterocycles. The van der Waals surface area contributed by atoms with Crippen LogP contribution in [0.1, 0.15) is 34.6 Å². The normalized spacial score (nSPS) is 14.8. The maximum Gasteiger partial charge on any atom is 0.276 e. The van der Waals surface area contributed by atoms with Crippen LogP contribution in [0, 0.1) is 18.7 Å². The molecule has 0 bridgehead atoms. The number of H-pyrrole nitrogens is 1. The maximum atomic E-state index is 13.0. The lowest BCUT2D eigenvalue weighted by Gasteiger charge is -2.30. The summed E-state index contributed by atoms with van der Waals surface area (Å²) >= 11 is 0. The van der Waals surface area contributed by atoms with Crippen LogP contribution in [0.25, 0.3) is 5.52 Å². The minimum absolute atomic E-state index is 0.00969. The van der Waals surface area contributed by atoms with E-state index in [-0.39, 0.29) is 34.8 Å². The van der Waals surface area contributed by atoms with E-state index in [0.29, 0.717) is 38.2 Å². The molecule has 3 aromatic rings. The predicted molar refractivity (Wildman–Crippen MR) is 105 cm³/mol. The van der Waals surface area contributed by atoms with Gasteiger partial charge in [0.1, 0.15) is 5.82 Å². The van der Waals surface area contributed by atoms with Gasteiger partial charge in [-0.3, -0.25) is 14.4 Å². The number of carbonyl (C=O) groups excluding carboxylic acids is 2. The number of aromatic amines is 1. The SMILES string of the molecule is Cc1cn2nnc(C(=O)N3CCC(C(=O)NCc4ccc(F)cc4)CC3)c2c(=O)[nH]1. The number of fused-ring (bicyclic) bond motifs is 1. The summed E-state index contributed by atoms with van der Waals surface area (Å²) < 4.78 is 14.3. The first-order valence-electron chi connectivity index (χ1n) is 9.69. The average Bonchev–Trinajstić information content (AvgIpc) is 3.17. The highest BCUT2D eigenvalue weighted by Crippen LogP contribution is 2.20. The number of hydrogen-bond donors (Lipinski definition) is 2. The predicted octanol–water partition coefficient (Wildman–Crippen LogP) is 1.03. The molecule has 0 atom stereocenters. The van der Waals surface area contributed by atoms with Gasteiger partial charge in [0.2, 0.25) is 5.91 Å². The Morgan fingerprint density at radius 3 is 2.63 bits per heavy atom. The Bertz CT molecular complexity index is 1150. The lowest BCUT2D eigenvalue weighted by molar-refractivity contribution is -0.126. The molecule has 10 heteroatoms. The molecule has 0 aliphatic carbocycles. The van der Waals surface area contributed by atoms with Crippen molar-refractivity contribution in [2.45, 2.75) is 26.3 Å². The Morgan fingerprint density at radius 2 is 1.93 bits per heavy atom. The van der Waals surface area contributed by atoms with E-state index >= 15 is 0 Å². The van der Waals surface area contributed by atoms with Crippen molar-refractivity contribution in [3.63, 3.8) is 0 Å². The molecular formula is C20H21FN6O3. The van der Waals surface area contributed by atoms with Gasteiger partial charge in [-0.2, -0.15) is 0 Å². The number of carbonyl (C=O) groups is 2. The molecule has 2 amide bonds. The molecule has 4 rings (SSSR count). The lowest BCUT2D eigenvalue weighted by atomic mass is 9.95. The van der Waals surface area contributed by atoms with Crippen molar-refractivity contribution in [3.05, 3.63) is 63.6 Å². The van der Waals surface area contributed by atoms with E-state index in [0.717, 1.165) is 5.56 Å². The first-order valence-corrected chi connectivity index (χ1v) is 9.69. The summed E-state index contributed by atoms with van der Waals surface area (Å²) in [6.07, 6.45) is 2.61. The van der Waals surface area contributed by atoms with Crippen LogP contribution in [0.2, 0.25) is 0 Å². The highest BCUT2D eigenvalue weighted by molar-refractivity contribution is 5.98. The summed E-state index contributed by atoms with van der Waals surface area (Å²) in [4.78, 5) is 41.7. The van der Waals surface area contributed by atoms with Gasteiger partial charge in [0.15, 0.2) is 11.2 Å². The van der Waals surface area contributed by atoms with Crippen LogP contribution in [0.15, 0.2) is 35.3 Å². The molecule has 156 valence electrons. The molecule has 2 N–H and O–H groups in total. The molecule has 1 saturated heterocycles. The molecule has 1 aromatic carbocycles. The highest BCUT2D eigenvalue weighted by Gasteiger charge is 2.30. The third-order valence-electron chi connectivity index (χ3n) is 5.27. The van der Waals surface area contributed by atoms with Crippen LogP contribution in [-0.4, -0.2) is 49.6 Å². The number of amides is 2. The van der Waals surface area contributed by atoms with Crippen molar-refractivity contribution in [2.24, 2.45) is 5.92 Å². The molecule has 30 heavy (non-hydrogen) atoms. The van der Waals surface area contributed by atoms with Crippen LogP contribution >= 0.6 is 0 Å². The monoisotopic (exact) mass is 412 g/mol. The molecule has 1 aliphatic heterocycles. The number of rotatable bonds is 4. The summed E-state index contributed by atoms with van der Waals surface area (Å²) in [7, 11) is 0. The second-order valence-corrected chi connectivity index (χ2v) is 7.41. The number of nitrogens with one attached hydrogen (secondary N) is 2. The fourth-order valence-corrected chi connectivity index (χ4v) is 3.62. The van der Waals surface area contributed by atoms with E-state index in [1.807, 2.05) is 0 Å². The zero-order valence-corrected chi connectivity index (χ0v) is 16.4. The number of piperidine rings is 1. The van der Waals surface area contributed by atoms with E-state index in [2.05, 4.69) is 20.6 Å². The van der Waals surface area contributed by atoms with Gasteiger partial charge in [0.05, 0.1) is 6.20 Å². The van der Waals surface area contributed by atoms with Crippen LogP contribution in [0.3, 0.4) is 0 Å². The van der Waals surface area contributed by atoms with E-state index in [4.69, 9.17) is 0 Å². The number of halogens is 1. The van der Waals surface area contributed by atoms with Crippen molar-refractivity contribution < 1.29 is 14.0 Å². The Kier molecular flexibility index (Phi) is 5.30. The van der Waals surface area contributed by atoms with Gasteiger partial charge in [-0.05, 0) is 37.5 Å². The summed E-state index contributed by atoms with van der Waals surface area (Å²) in [6, 6.07) is 5.96. The Balaban J connectivity index is 1.36.